The van der Waals surface area contributed by atoms with Crippen molar-refractivity contribution in [3.05, 3.63) is 0 Å². The van der Waals surface area contributed by atoms with E-state index in [1.165, 1.54) is 0 Å². The summed E-state index contributed by atoms with van der Waals surface area (Å²) >= 11 is 16.5. The molecule has 0 spiro atoms. The second-order valence-electron chi connectivity index (χ2n) is 0.429. The molecule has 0 N–H and O–H groups in total. The molecule has 0 radical (unpaired) electrons. The molecule has 0 saturated carbocycles. The van der Waals surface area contributed by atoms with Crippen LogP contribution in [0.15, 0.2) is 0 Å². The summed E-state index contributed by atoms with van der Waals surface area (Å²) in [7, 11) is 0. The summed E-state index contributed by atoms with van der Waals surface area (Å²) in [6.07, 6.45) is 0. The predicted molar refractivity (Wildman–Crippen MR) is 35.3 cm³/mol. The highest BCUT2D eigenvalue weighted by Crippen LogP contribution is 2.28. The van der Waals surface area contributed by atoms with Crippen LogP contribution in [0.5, 0.6) is 0 Å². The highest BCUT2D eigenvalue weighted by atomic mass is 79.9. The highest BCUT2D eigenvalue weighted by Gasteiger charge is 2.16. The van der Waals surface area contributed by atoms with Crippen LogP contribution in [0.25, 0.3) is 0 Å². The van der Waals surface area contributed by atoms with Gasteiger partial charge in [-0.3, -0.25) is 0 Å². The largest absolute Gasteiger partial charge is 0.387 e. The van der Waals surface area contributed by atoms with Gasteiger partial charge in [0.2, 0.25) is 0 Å². The van der Waals surface area contributed by atoms with Crippen LogP contribution in [-0.2, 0) is 0 Å². The van der Waals surface area contributed by atoms with E-state index in [1.807, 2.05) is 0 Å². The summed E-state index contributed by atoms with van der Waals surface area (Å²) in [6.45, 7) is 0. The lowest BCUT2D eigenvalue weighted by molar-refractivity contribution is 4.16. The Morgan fingerprint density at radius 3 is 1.20 bits per heavy atom. The zero-order chi connectivity index (χ0) is 4.50. The molecule has 0 fully saturated rings. The molecule has 0 rings (SSSR count). The van der Waals surface area contributed by atoms with Crippen LogP contribution in [0.2, 0.25) is 0 Å². The first-order valence-corrected chi connectivity index (χ1v) is 9.29. The SMILES string of the molecule is Cl[Si](Cl)(Br)Br. The van der Waals surface area contributed by atoms with Crippen molar-refractivity contribution < 1.29 is 0 Å². The van der Waals surface area contributed by atoms with E-state index in [2.05, 4.69) is 30.6 Å². The lowest BCUT2D eigenvalue weighted by atomic mass is 27.8. The van der Waals surface area contributed by atoms with Crippen molar-refractivity contribution in [3.63, 3.8) is 0 Å². The minimum absolute atomic E-state index is 2.04. The molecule has 0 aromatic heterocycles. The molecule has 0 heterocycles. The molecule has 0 atom stereocenters. The van der Waals surface area contributed by atoms with E-state index in [0.717, 1.165) is 0 Å². The van der Waals surface area contributed by atoms with Crippen molar-refractivity contribution in [3.8, 4) is 0 Å². The molecule has 32 valence electrons. The van der Waals surface area contributed by atoms with Crippen molar-refractivity contribution >= 4 is 56.7 Å². The standard InChI is InChI=1S/Br2Cl2Si/c1-5(2,3)4. The molecule has 0 aromatic carbocycles. The second kappa shape index (κ2) is 2.16. The van der Waals surface area contributed by atoms with Crippen molar-refractivity contribution in [1.82, 2.24) is 0 Å². The predicted octanol–water partition coefficient (Wildman–Crippen LogP) is 2.69. The Labute approximate surface area is 56.4 Å². The van der Waals surface area contributed by atoms with E-state index in [-0.39, 0.29) is 0 Å². The first-order valence-electron chi connectivity index (χ1n) is 0.756. The van der Waals surface area contributed by atoms with E-state index in [1.54, 1.807) is 0 Å². The van der Waals surface area contributed by atoms with Crippen LogP contribution in [-0.4, -0.2) is 3.93 Å². The Kier molecular flexibility index (Phi) is 2.93. The lowest BCUT2D eigenvalue weighted by Crippen LogP contribution is -1.89. The van der Waals surface area contributed by atoms with Crippen LogP contribution in [0.3, 0.4) is 0 Å². The molecule has 5 heteroatoms. The molecule has 0 unspecified atom stereocenters. The summed E-state index contributed by atoms with van der Waals surface area (Å²) < 4.78 is -2.04. The molecule has 0 saturated heterocycles. The summed E-state index contributed by atoms with van der Waals surface area (Å²) in [5.74, 6) is 0. The first kappa shape index (κ1) is 6.76. The third-order valence-electron chi connectivity index (χ3n) is 0. The molecule has 0 bridgehead atoms. The molecule has 0 aromatic rings. The zero-order valence-corrected chi connectivity index (χ0v) is 7.70. The fraction of sp³-hybridized carbons (Fsp3) is 0. The van der Waals surface area contributed by atoms with Gasteiger partial charge in [-0.05, 0) is 0 Å². The van der Waals surface area contributed by atoms with E-state index in [4.69, 9.17) is 22.2 Å². The lowest BCUT2D eigenvalue weighted by Gasteiger charge is -1.87. The zero-order valence-electron chi connectivity index (χ0n) is 2.01. The molecule has 0 aliphatic carbocycles. The van der Waals surface area contributed by atoms with E-state index >= 15 is 0 Å². The monoisotopic (exact) mass is 256 g/mol. The van der Waals surface area contributed by atoms with Crippen molar-refractivity contribution in [2.45, 2.75) is 0 Å². The maximum atomic E-state index is 5.27. The third kappa shape index (κ3) is 26.3. The average molecular weight is 259 g/mol. The molecule has 0 amide bonds. The Morgan fingerprint density at radius 2 is 1.20 bits per heavy atom. The van der Waals surface area contributed by atoms with Gasteiger partial charge in [-0.1, -0.05) is 30.6 Å². The van der Waals surface area contributed by atoms with Gasteiger partial charge >= 0.3 is 3.93 Å². The Morgan fingerprint density at radius 1 is 1.20 bits per heavy atom. The Hall–Kier alpha value is 1.76. The third-order valence-corrected chi connectivity index (χ3v) is 0. The number of hydrogen-bond donors (Lipinski definition) is 0. The van der Waals surface area contributed by atoms with Crippen molar-refractivity contribution in [1.29, 1.82) is 0 Å². The van der Waals surface area contributed by atoms with Crippen molar-refractivity contribution in [2.24, 2.45) is 0 Å². The molecule has 0 nitrogen and oxygen atoms in total. The van der Waals surface area contributed by atoms with Gasteiger partial charge < -0.3 is 0 Å². The fourth-order valence-electron chi connectivity index (χ4n) is 0. The van der Waals surface area contributed by atoms with Gasteiger partial charge in [-0.15, -0.1) is 22.2 Å². The molecular weight excluding hydrogens is 259 g/mol. The smallest absolute Gasteiger partial charge is 0.119 e. The average Bonchev–Trinajstić information content (AvgIpc) is 0.722. The van der Waals surface area contributed by atoms with Gasteiger partial charge in [-0.2, -0.15) is 0 Å². The number of hydrogen-bond acceptors (Lipinski definition) is 0. The van der Waals surface area contributed by atoms with Crippen LogP contribution < -0.4 is 0 Å². The summed E-state index contributed by atoms with van der Waals surface area (Å²) in [5, 5.41) is 0. The fourth-order valence-corrected chi connectivity index (χ4v) is 0. The normalized spacial score (nSPS) is 12.0. The van der Waals surface area contributed by atoms with E-state index in [0.29, 0.717) is 0 Å². The quantitative estimate of drug-likeness (QED) is 0.463. The second-order valence-corrected chi connectivity index (χ2v) is 21.1. The van der Waals surface area contributed by atoms with Gasteiger partial charge in [0, 0.05) is 0 Å². The van der Waals surface area contributed by atoms with Crippen LogP contribution in [0, 0.1) is 0 Å². The maximum Gasteiger partial charge on any atom is 0.387 e. The Bertz CT molecular complexity index is 23.1. The van der Waals surface area contributed by atoms with Crippen LogP contribution in [0.4, 0.5) is 0 Å². The summed E-state index contributed by atoms with van der Waals surface area (Å²) in [4.78, 5) is 0. The first-order chi connectivity index (χ1) is 2.00. The van der Waals surface area contributed by atoms with Gasteiger partial charge in [-0.25, -0.2) is 0 Å². The molecular formula is Br2Cl2Si. The Balaban J connectivity index is 3.02. The van der Waals surface area contributed by atoms with E-state index < -0.39 is 3.93 Å². The van der Waals surface area contributed by atoms with Crippen LogP contribution >= 0.6 is 52.7 Å². The minimum atomic E-state index is -2.04. The molecule has 0 aliphatic rings. The summed E-state index contributed by atoms with van der Waals surface area (Å²) in [5.41, 5.74) is 0. The molecule has 0 aliphatic heterocycles. The topological polar surface area (TPSA) is 0 Å². The van der Waals surface area contributed by atoms with Gasteiger partial charge in [0.15, 0.2) is 0 Å². The summed E-state index contributed by atoms with van der Waals surface area (Å²) in [6, 6.07) is 0. The van der Waals surface area contributed by atoms with Gasteiger partial charge in [0.1, 0.15) is 0 Å². The van der Waals surface area contributed by atoms with Crippen molar-refractivity contribution in [2.75, 3.05) is 0 Å². The highest BCUT2D eigenvalue weighted by molar-refractivity contribution is 9.54. The van der Waals surface area contributed by atoms with Gasteiger partial charge in [0.05, 0.1) is 0 Å². The molecule has 5 heavy (non-hydrogen) atoms. The van der Waals surface area contributed by atoms with Gasteiger partial charge in [0.25, 0.3) is 0 Å². The van der Waals surface area contributed by atoms with Crippen LogP contribution in [0.1, 0.15) is 0 Å². The van der Waals surface area contributed by atoms with E-state index in [9.17, 15) is 0 Å². The minimum Gasteiger partial charge on any atom is -0.119 e. The number of halogens is 4. The maximum absolute atomic E-state index is 5.27. The number of rotatable bonds is 0.